The Morgan fingerprint density at radius 3 is 2.41 bits per heavy atom. The fourth-order valence-corrected chi connectivity index (χ4v) is 4.63. The van der Waals surface area contributed by atoms with Crippen molar-refractivity contribution >= 4 is 38.3 Å². The number of sulfonamides is 1. The number of aromatic nitrogens is 2. The molecule has 0 atom stereocenters. The summed E-state index contributed by atoms with van der Waals surface area (Å²) in [7, 11) is -3.67. The SMILES string of the molecule is Cc1cc(NS(=O)(=O)c2ccccc2)cc2c1nc(C)n2Cc1ccccc1Cl. The molecule has 148 valence electrons. The summed E-state index contributed by atoms with van der Waals surface area (Å²) in [5, 5.41) is 0.686. The fourth-order valence-electron chi connectivity index (χ4n) is 3.38. The lowest BCUT2D eigenvalue weighted by atomic mass is 10.1. The van der Waals surface area contributed by atoms with Gasteiger partial charge in [-0.1, -0.05) is 48.0 Å². The molecule has 0 aliphatic rings. The van der Waals surface area contributed by atoms with Gasteiger partial charge in [0.15, 0.2) is 0 Å². The van der Waals surface area contributed by atoms with E-state index in [-0.39, 0.29) is 4.90 Å². The minimum atomic E-state index is -3.67. The van der Waals surface area contributed by atoms with E-state index >= 15 is 0 Å². The molecule has 0 unspecified atom stereocenters. The first kappa shape index (κ1) is 19.5. The topological polar surface area (TPSA) is 64.0 Å². The Bertz CT molecular complexity index is 1300. The number of anilines is 1. The Hall–Kier alpha value is -2.83. The Balaban J connectivity index is 1.77. The average Bonchev–Trinajstić information content (AvgIpc) is 3.00. The van der Waals surface area contributed by atoms with Crippen LogP contribution in [0.1, 0.15) is 17.0 Å². The Kier molecular flexibility index (Phi) is 5.06. The molecule has 0 spiro atoms. The fraction of sp³-hybridized carbons (Fsp3) is 0.136. The zero-order chi connectivity index (χ0) is 20.6. The van der Waals surface area contributed by atoms with Crippen LogP contribution in [0.15, 0.2) is 71.6 Å². The van der Waals surface area contributed by atoms with E-state index in [1.165, 1.54) is 0 Å². The first-order chi connectivity index (χ1) is 13.8. The standard InChI is InChI=1S/C22H20ClN3O2S/c1-15-12-18(25-29(27,28)19-9-4-3-5-10-19)13-21-22(15)24-16(2)26(21)14-17-8-6-7-11-20(17)23/h3-13,25H,14H2,1-2H3. The minimum Gasteiger partial charge on any atom is -0.324 e. The van der Waals surface area contributed by atoms with Crippen LogP contribution in [0.5, 0.6) is 0 Å². The lowest BCUT2D eigenvalue weighted by Gasteiger charge is -2.12. The molecule has 1 heterocycles. The maximum atomic E-state index is 12.7. The lowest BCUT2D eigenvalue weighted by molar-refractivity contribution is 0.601. The second-order valence-electron chi connectivity index (χ2n) is 6.92. The number of hydrogen-bond donors (Lipinski definition) is 1. The van der Waals surface area contributed by atoms with Crippen molar-refractivity contribution in [2.45, 2.75) is 25.3 Å². The van der Waals surface area contributed by atoms with Crippen LogP contribution < -0.4 is 4.72 Å². The molecular formula is C22H20ClN3O2S. The first-order valence-corrected chi connectivity index (χ1v) is 11.0. The number of rotatable bonds is 5. The zero-order valence-electron chi connectivity index (χ0n) is 16.1. The summed E-state index contributed by atoms with van der Waals surface area (Å²) < 4.78 is 30.2. The van der Waals surface area contributed by atoms with Crippen LogP contribution in [0.4, 0.5) is 5.69 Å². The van der Waals surface area contributed by atoms with Crippen LogP contribution in [-0.4, -0.2) is 18.0 Å². The van der Waals surface area contributed by atoms with Gasteiger partial charge in [0.05, 0.1) is 28.2 Å². The maximum absolute atomic E-state index is 12.7. The second kappa shape index (κ2) is 7.54. The smallest absolute Gasteiger partial charge is 0.261 e. The van der Waals surface area contributed by atoms with Crippen LogP contribution in [0, 0.1) is 13.8 Å². The third kappa shape index (κ3) is 3.86. The zero-order valence-corrected chi connectivity index (χ0v) is 17.6. The number of nitrogens with one attached hydrogen (secondary N) is 1. The van der Waals surface area contributed by atoms with Gasteiger partial charge >= 0.3 is 0 Å². The Morgan fingerprint density at radius 1 is 1.00 bits per heavy atom. The molecule has 0 aliphatic carbocycles. The van der Waals surface area contributed by atoms with Crippen molar-refractivity contribution in [3.63, 3.8) is 0 Å². The summed E-state index contributed by atoms with van der Waals surface area (Å²) in [6, 6.07) is 19.6. The third-order valence-corrected chi connectivity index (χ3v) is 6.59. The van der Waals surface area contributed by atoms with Gasteiger partial charge < -0.3 is 4.57 Å². The Labute approximate surface area is 175 Å². The predicted octanol–water partition coefficient (Wildman–Crippen LogP) is 5.16. The molecule has 4 aromatic rings. The van der Waals surface area contributed by atoms with Crippen molar-refractivity contribution in [2.75, 3.05) is 4.72 Å². The summed E-state index contributed by atoms with van der Waals surface area (Å²) in [5.41, 5.74) is 4.07. The quantitative estimate of drug-likeness (QED) is 0.480. The summed E-state index contributed by atoms with van der Waals surface area (Å²) in [4.78, 5) is 4.90. The van der Waals surface area contributed by atoms with Crippen LogP contribution in [0.2, 0.25) is 5.02 Å². The third-order valence-electron chi connectivity index (χ3n) is 4.83. The predicted molar refractivity (Wildman–Crippen MR) is 117 cm³/mol. The van der Waals surface area contributed by atoms with Crippen LogP contribution in [0.3, 0.4) is 0 Å². The lowest BCUT2D eigenvalue weighted by Crippen LogP contribution is -2.13. The van der Waals surface area contributed by atoms with Crippen molar-refractivity contribution in [1.82, 2.24) is 9.55 Å². The summed E-state index contributed by atoms with van der Waals surface area (Å²) in [5.74, 6) is 0.839. The van der Waals surface area contributed by atoms with Crippen LogP contribution in [0.25, 0.3) is 11.0 Å². The molecule has 0 aliphatic heterocycles. The van der Waals surface area contributed by atoms with E-state index in [1.807, 2.05) is 48.7 Å². The van der Waals surface area contributed by atoms with Crippen molar-refractivity contribution < 1.29 is 8.42 Å². The van der Waals surface area contributed by atoms with Gasteiger partial charge in [0.1, 0.15) is 5.82 Å². The van der Waals surface area contributed by atoms with Crippen molar-refractivity contribution in [1.29, 1.82) is 0 Å². The highest BCUT2D eigenvalue weighted by atomic mass is 35.5. The maximum Gasteiger partial charge on any atom is 0.261 e. The number of fused-ring (bicyclic) bond motifs is 1. The highest BCUT2D eigenvalue weighted by Crippen LogP contribution is 2.28. The molecule has 1 N–H and O–H groups in total. The van der Waals surface area contributed by atoms with Gasteiger partial charge in [0.2, 0.25) is 0 Å². The van der Waals surface area contributed by atoms with Gasteiger partial charge in [-0.2, -0.15) is 0 Å². The molecule has 1 aromatic heterocycles. The van der Waals surface area contributed by atoms with E-state index in [0.29, 0.717) is 17.3 Å². The molecule has 0 saturated heterocycles. The molecule has 5 nitrogen and oxygen atoms in total. The number of hydrogen-bond acceptors (Lipinski definition) is 3. The van der Waals surface area contributed by atoms with Crippen molar-refractivity contribution in [3.05, 3.63) is 88.7 Å². The van der Waals surface area contributed by atoms with E-state index in [9.17, 15) is 8.42 Å². The molecular weight excluding hydrogens is 406 g/mol. The van der Waals surface area contributed by atoms with Gasteiger partial charge in [-0.15, -0.1) is 0 Å². The number of nitrogens with zero attached hydrogens (tertiary/aromatic N) is 2. The minimum absolute atomic E-state index is 0.221. The van der Waals surface area contributed by atoms with Gasteiger partial charge in [-0.3, -0.25) is 4.72 Å². The molecule has 0 radical (unpaired) electrons. The number of aryl methyl sites for hydroxylation is 2. The number of imidazole rings is 1. The van der Waals surface area contributed by atoms with Gasteiger partial charge in [0, 0.05) is 5.02 Å². The van der Waals surface area contributed by atoms with Gasteiger partial charge in [-0.25, -0.2) is 13.4 Å². The first-order valence-electron chi connectivity index (χ1n) is 9.14. The van der Waals surface area contributed by atoms with E-state index in [2.05, 4.69) is 9.71 Å². The molecule has 0 fully saturated rings. The van der Waals surface area contributed by atoms with Crippen molar-refractivity contribution in [3.8, 4) is 0 Å². The molecule has 4 rings (SSSR count). The summed E-state index contributed by atoms with van der Waals surface area (Å²) >= 11 is 6.34. The molecule has 7 heteroatoms. The van der Waals surface area contributed by atoms with Crippen LogP contribution in [-0.2, 0) is 16.6 Å². The highest BCUT2D eigenvalue weighted by Gasteiger charge is 2.17. The van der Waals surface area contributed by atoms with Crippen molar-refractivity contribution in [2.24, 2.45) is 0 Å². The number of halogens is 1. The highest BCUT2D eigenvalue weighted by molar-refractivity contribution is 7.92. The monoisotopic (exact) mass is 425 g/mol. The molecule has 3 aromatic carbocycles. The number of benzene rings is 3. The van der Waals surface area contributed by atoms with E-state index in [4.69, 9.17) is 11.6 Å². The van der Waals surface area contributed by atoms with Gasteiger partial charge in [0.25, 0.3) is 10.0 Å². The van der Waals surface area contributed by atoms with E-state index in [1.54, 1.807) is 36.4 Å². The van der Waals surface area contributed by atoms with E-state index < -0.39 is 10.0 Å². The summed E-state index contributed by atoms with van der Waals surface area (Å²) in [6.45, 7) is 4.41. The molecule has 0 bridgehead atoms. The van der Waals surface area contributed by atoms with E-state index in [0.717, 1.165) is 28.0 Å². The largest absolute Gasteiger partial charge is 0.324 e. The molecule has 0 amide bonds. The second-order valence-corrected chi connectivity index (χ2v) is 9.01. The average molecular weight is 426 g/mol. The molecule has 0 saturated carbocycles. The summed E-state index contributed by atoms with van der Waals surface area (Å²) in [6.07, 6.45) is 0. The van der Waals surface area contributed by atoms with Crippen LogP contribution >= 0.6 is 11.6 Å². The Morgan fingerprint density at radius 2 is 1.69 bits per heavy atom. The normalized spacial score (nSPS) is 11.7. The van der Waals surface area contributed by atoms with Gasteiger partial charge in [-0.05, 0) is 55.3 Å². The molecule has 29 heavy (non-hydrogen) atoms.